The lowest BCUT2D eigenvalue weighted by Crippen LogP contribution is -2.24. The summed E-state index contributed by atoms with van der Waals surface area (Å²) in [6, 6.07) is 8.90. The molecule has 0 unspecified atom stereocenters. The number of anilines is 2. The van der Waals surface area contributed by atoms with Crippen molar-refractivity contribution in [1.82, 2.24) is 14.5 Å². The van der Waals surface area contributed by atoms with Gasteiger partial charge < -0.3 is 31.2 Å². The number of aromatic nitrogens is 3. The predicted molar refractivity (Wildman–Crippen MR) is 142 cm³/mol. The van der Waals surface area contributed by atoms with Crippen molar-refractivity contribution in [3.05, 3.63) is 80.8 Å². The fourth-order valence-electron chi connectivity index (χ4n) is 4.05. The van der Waals surface area contributed by atoms with Crippen molar-refractivity contribution in [2.45, 2.75) is 19.9 Å². The van der Waals surface area contributed by atoms with Crippen molar-refractivity contribution in [1.29, 1.82) is 0 Å². The zero-order chi connectivity index (χ0) is 26.7. The Morgan fingerprint density at radius 1 is 1.11 bits per heavy atom. The number of rotatable bonds is 6. The van der Waals surface area contributed by atoms with E-state index in [4.69, 9.17) is 26.7 Å². The molecule has 0 radical (unpaired) electrons. The molecule has 10 heteroatoms. The number of fused-ring (bicyclic) bond motifs is 1. The summed E-state index contributed by atoms with van der Waals surface area (Å²) >= 11 is 0. The average molecular weight is 499 g/mol. The Kier molecular flexibility index (Phi) is 6.97. The van der Waals surface area contributed by atoms with Crippen molar-refractivity contribution >= 4 is 28.6 Å². The molecule has 37 heavy (non-hydrogen) atoms. The first-order chi connectivity index (χ1) is 17.7. The molecular weight excluding hydrogens is 472 g/mol. The highest BCUT2D eigenvalue weighted by Gasteiger charge is 2.15. The van der Waals surface area contributed by atoms with E-state index in [1.165, 1.54) is 6.20 Å². The van der Waals surface area contributed by atoms with Gasteiger partial charge >= 0.3 is 0 Å². The summed E-state index contributed by atoms with van der Waals surface area (Å²) in [5.74, 6) is 6.93. The van der Waals surface area contributed by atoms with E-state index in [2.05, 4.69) is 21.8 Å². The third kappa shape index (κ3) is 5.01. The zero-order valence-electron chi connectivity index (χ0n) is 20.7. The number of hydrogen-bond acceptors (Lipinski definition) is 8. The van der Waals surface area contributed by atoms with E-state index < -0.39 is 11.3 Å². The third-order valence-corrected chi connectivity index (χ3v) is 5.88. The molecule has 4 aromatic rings. The van der Waals surface area contributed by atoms with Crippen LogP contribution in [0.3, 0.4) is 0 Å². The van der Waals surface area contributed by atoms with Gasteiger partial charge in [0, 0.05) is 41.9 Å². The molecule has 0 fully saturated rings. The maximum absolute atomic E-state index is 12.7. The number of aryl methyl sites for hydroxylation is 1. The minimum absolute atomic E-state index is 0.0473. The smallest absolute Gasteiger partial charge is 0.254 e. The Morgan fingerprint density at radius 2 is 1.89 bits per heavy atom. The normalized spacial score (nSPS) is 10.6. The second-order valence-corrected chi connectivity index (χ2v) is 8.20. The molecule has 0 aliphatic rings. The standard InChI is InChI=1S/C27H26N6O4/c1-4-33-14-20(26(29)35)23(34)19-8-6-15(11-21(19)33)5-7-17-9-16(12-22(36-2)24(17)37-3)10-18-13-31-27(30)32-25(18)28/h6,8-9,11-14H,4,10H2,1-3H3,(H2,29,35)(H4,28,30,31,32). The number of nitrogen functional groups attached to an aromatic ring is 2. The first-order valence-electron chi connectivity index (χ1n) is 11.4. The van der Waals surface area contributed by atoms with Crippen molar-refractivity contribution in [2.75, 3.05) is 25.7 Å². The van der Waals surface area contributed by atoms with Crippen molar-refractivity contribution in [3.63, 3.8) is 0 Å². The van der Waals surface area contributed by atoms with Crippen LogP contribution < -0.4 is 32.1 Å². The third-order valence-electron chi connectivity index (χ3n) is 5.88. The van der Waals surface area contributed by atoms with Crippen molar-refractivity contribution < 1.29 is 14.3 Å². The average Bonchev–Trinajstić information content (AvgIpc) is 2.88. The molecule has 0 saturated carbocycles. The highest BCUT2D eigenvalue weighted by atomic mass is 16.5. The van der Waals surface area contributed by atoms with E-state index in [0.717, 1.165) is 5.56 Å². The summed E-state index contributed by atoms with van der Waals surface area (Å²) in [6.07, 6.45) is 3.50. The molecule has 0 spiro atoms. The summed E-state index contributed by atoms with van der Waals surface area (Å²) in [5.41, 5.74) is 20.0. The number of benzene rings is 2. The monoisotopic (exact) mass is 498 g/mol. The number of pyridine rings is 1. The molecule has 0 atom stereocenters. The molecule has 2 heterocycles. The zero-order valence-corrected chi connectivity index (χ0v) is 20.7. The van der Waals surface area contributed by atoms with Crippen LogP contribution in [0.25, 0.3) is 10.9 Å². The molecule has 0 aliphatic carbocycles. The van der Waals surface area contributed by atoms with Crippen LogP contribution in [0.5, 0.6) is 11.5 Å². The molecule has 1 amide bonds. The van der Waals surface area contributed by atoms with Gasteiger partial charge in [0.25, 0.3) is 5.91 Å². The quantitative estimate of drug-likeness (QED) is 0.340. The maximum Gasteiger partial charge on any atom is 0.254 e. The summed E-state index contributed by atoms with van der Waals surface area (Å²) in [7, 11) is 3.09. The molecule has 188 valence electrons. The Morgan fingerprint density at radius 3 is 2.54 bits per heavy atom. The molecule has 0 aliphatic heterocycles. The SMILES string of the molecule is CCn1cc(C(N)=O)c(=O)c2ccc(C#Cc3cc(Cc4cnc(N)nc4N)cc(OC)c3OC)cc21. The van der Waals surface area contributed by atoms with E-state index in [0.29, 0.717) is 57.9 Å². The Bertz CT molecular complexity index is 1650. The number of carbonyl (C=O) groups excluding carboxylic acids is 1. The van der Waals surface area contributed by atoms with Gasteiger partial charge in [-0.2, -0.15) is 4.98 Å². The highest BCUT2D eigenvalue weighted by molar-refractivity contribution is 5.96. The maximum atomic E-state index is 12.7. The van der Waals surface area contributed by atoms with E-state index >= 15 is 0 Å². The number of nitrogens with two attached hydrogens (primary N) is 3. The minimum atomic E-state index is -0.758. The van der Waals surface area contributed by atoms with Gasteiger partial charge in [0.2, 0.25) is 11.4 Å². The highest BCUT2D eigenvalue weighted by Crippen LogP contribution is 2.33. The summed E-state index contributed by atoms with van der Waals surface area (Å²) in [4.78, 5) is 32.4. The topological polar surface area (TPSA) is 161 Å². The summed E-state index contributed by atoms with van der Waals surface area (Å²) in [6.45, 7) is 2.45. The minimum Gasteiger partial charge on any atom is -0.493 e. The molecule has 10 nitrogen and oxygen atoms in total. The van der Waals surface area contributed by atoms with Crippen LogP contribution in [-0.4, -0.2) is 34.7 Å². The van der Waals surface area contributed by atoms with Crippen LogP contribution >= 0.6 is 0 Å². The van der Waals surface area contributed by atoms with Gasteiger partial charge in [-0.1, -0.05) is 11.8 Å². The number of hydrogen-bond donors (Lipinski definition) is 3. The van der Waals surface area contributed by atoms with Crippen molar-refractivity contribution in [3.8, 4) is 23.3 Å². The van der Waals surface area contributed by atoms with Gasteiger partial charge in [-0.15, -0.1) is 0 Å². The van der Waals surface area contributed by atoms with Gasteiger partial charge in [0.1, 0.15) is 11.4 Å². The van der Waals surface area contributed by atoms with Gasteiger partial charge in [0.05, 0.1) is 25.3 Å². The Balaban J connectivity index is 1.79. The number of primary amides is 1. The van der Waals surface area contributed by atoms with Crippen LogP contribution in [0.4, 0.5) is 11.8 Å². The fourth-order valence-corrected chi connectivity index (χ4v) is 4.05. The van der Waals surface area contributed by atoms with E-state index in [-0.39, 0.29) is 11.5 Å². The van der Waals surface area contributed by atoms with Crippen LogP contribution in [-0.2, 0) is 13.0 Å². The fraction of sp³-hybridized carbons (Fsp3) is 0.185. The number of ether oxygens (including phenoxy) is 2. The lowest BCUT2D eigenvalue weighted by molar-refractivity contribution is 0.0998. The van der Waals surface area contributed by atoms with Crippen LogP contribution in [0.15, 0.2) is 47.5 Å². The number of amides is 1. The second-order valence-electron chi connectivity index (χ2n) is 8.20. The predicted octanol–water partition coefficient (Wildman–Crippen LogP) is 2.08. The second kappa shape index (κ2) is 10.3. The van der Waals surface area contributed by atoms with Gasteiger partial charge in [-0.25, -0.2) is 4.98 Å². The largest absolute Gasteiger partial charge is 0.493 e. The van der Waals surface area contributed by atoms with Crippen molar-refractivity contribution in [2.24, 2.45) is 5.73 Å². The molecule has 0 saturated heterocycles. The first-order valence-corrected chi connectivity index (χ1v) is 11.4. The lowest BCUT2D eigenvalue weighted by Gasteiger charge is -2.13. The summed E-state index contributed by atoms with van der Waals surface area (Å²) in [5, 5.41) is 0.397. The molecular formula is C27H26N6O4. The summed E-state index contributed by atoms with van der Waals surface area (Å²) < 4.78 is 12.9. The van der Waals surface area contributed by atoms with E-state index in [1.807, 2.05) is 19.1 Å². The molecule has 0 bridgehead atoms. The van der Waals surface area contributed by atoms with E-state index in [9.17, 15) is 9.59 Å². The molecule has 4 rings (SSSR count). The van der Waals surface area contributed by atoms with Crippen LogP contribution in [0.2, 0.25) is 0 Å². The first kappa shape index (κ1) is 25.1. The molecule has 6 N–H and O–H groups in total. The van der Waals surface area contributed by atoms with Gasteiger partial charge in [0.15, 0.2) is 11.5 Å². The molecule has 2 aromatic heterocycles. The van der Waals surface area contributed by atoms with Crippen LogP contribution in [0.1, 0.15) is 39.5 Å². The number of methoxy groups -OCH3 is 2. The Labute approximate surface area is 213 Å². The van der Waals surface area contributed by atoms with Gasteiger partial charge in [-0.05, 0) is 42.8 Å². The lowest BCUT2D eigenvalue weighted by atomic mass is 10.0. The molecule has 2 aromatic carbocycles. The number of carbonyl (C=O) groups is 1. The van der Waals surface area contributed by atoms with Crippen LogP contribution in [0, 0.1) is 11.8 Å². The van der Waals surface area contributed by atoms with Gasteiger partial charge in [-0.3, -0.25) is 9.59 Å². The Hall–Kier alpha value is -5.04. The number of nitrogens with zero attached hydrogens (tertiary/aromatic N) is 3. The van der Waals surface area contributed by atoms with E-state index in [1.54, 1.807) is 43.2 Å².